The third-order valence-corrected chi connectivity index (χ3v) is 6.44. The van der Waals surface area contributed by atoms with Gasteiger partial charge in [-0.25, -0.2) is 0 Å². The average Bonchev–Trinajstić information content (AvgIpc) is 3.06. The van der Waals surface area contributed by atoms with Crippen molar-refractivity contribution in [3.63, 3.8) is 0 Å². The van der Waals surface area contributed by atoms with Gasteiger partial charge in [0.25, 0.3) is 0 Å². The molecule has 0 aliphatic heterocycles. The van der Waals surface area contributed by atoms with Gasteiger partial charge in [-0.2, -0.15) is 0 Å². The summed E-state index contributed by atoms with van der Waals surface area (Å²) in [7, 11) is 6.28. The van der Waals surface area contributed by atoms with Crippen LogP contribution >= 0.6 is 0 Å². The summed E-state index contributed by atoms with van der Waals surface area (Å²) in [6.45, 7) is 75.3. The van der Waals surface area contributed by atoms with Gasteiger partial charge in [0.15, 0.2) is 0 Å². The summed E-state index contributed by atoms with van der Waals surface area (Å²) in [5.74, 6) is 4.81. The van der Waals surface area contributed by atoms with Crippen LogP contribution in [0.1, 0.15) is 180 Å². The lowest BCUT2D eigenvalue weighted by Gasteiger charge is -2.34. The van der Waals surface area contributed by atoms with Crippen molar-refractivity contribution in [1.29, 1.82) is 0 Å². The van der Waals surface area contributed by atoms with Gasteiger partial charge in [0.05, 0.1) is 0 Å². The van der Waals surface area contributed by atoms with Crippen LogP contribution in [-0.2, 0) is 0 Å². The smallest absolute Gasteiger partial charge is 0.0442 e. The molecule has 6 nitrogen and oxygen atoms in total. The molecule has 0 unspecified atom stereocenters. The third-order valence-electron chi connectivity index (χ3n) is 6.44. The Balaban J connectivity index is -0.0000000394. The Bertz CT molecular complexity index is 612. The molecule has 342 valence electrons. The molecule has 0 aliphatic rings. The van der Waals surface area contributed by atoms with Crippen LogP contribution in [0.4, 0.5) is 0 Å². The van der Waals surface area contributed by atoms with Crippen LogP contribution in [0.5, 0.6) is 0 Å². The first-order chi connectivity index (χ1) is 25.3. The first kappa shape index (κ1) is 85.3. The highest BCUT2D eigenvalue weighted by atomic mass is 15.2. The van der Waals surface area contributed by atoms with Crippen LogP contribution in [0, 0.1) is 35.5 Å². The van der Waals surface area contributed by atoms with E-state index in [1.807, 2.05) is 41.5 Å². The van der Waals surface area contributed by atoms with Crippen molar-refractivity contribution in [2.45, 2.75) is 204 Å². The lowest BCUT2D eigenvalue weighted by molar-refractivity contribution is 0.133. The quantitative estimate of drug-likeness (QED) is 0.180. The fraction of sp³-hybridized carbons (Fsp3) is 0.816. The van der Waals surface area contributed by atoms with E-state index in [1.165, 1.54) is 19.7 Å². The van der Waals surface area contributed by atoms with E-state index in [4.69, 9.17) is 0 Å². The van der Waals surface area contributed by atoms with Gasteiger partial charge in [0.2, 0.25) is 0 Å². The summed E-state index contributed by atoms with van der Waals surface area (Å²) in [6, 6.07) is 2.46. The van der Waals surface area contributed by atoms with Crippen LogP contribution < -0.4 is 11.5 Å². The van der Waals surface area contributed by atoms with Crippen LogP contribution in [0.25, 0.3) is 0 Å². The average molecular weight is 790 g/mol. The van der Waals surface area contributed by atoms with Gasteiger partial charge < -0.3 is 21.5 Å². The summed E-state index contributed by atoms with van der Waals surface area (Å²) in [5.41, 5.74) is 13.3. The molecule has 0 fully saturated rings. The fourth-order valence-corrected chi connectivity index (χ4v) is 6.44. The zero-order valence-electron chi connectivity index (χ0n) is 44.5. The van der Waals surface area contributed by atoms with E-state index in [2.05, 4.69) is 210 Å². The van der Waals surface area contributed by atoms with Crippen LogP contribution in [0.15, 0.2) is 52.4 Å². The molecule has 0 saturated heterocycles. The predicted octanol–water partition coefficient (Wildman–Crippen LogP) is 15.0. The summed E-state index contributed by atoms with van der Waals surface area (Å²) in [6.07, 6.45) is 0. The van der Waals surface area contributed by atoms with Gasteiger partial charge in [0, 0.05) is 44.0 Å². The van der Waals surface area contributed by atoms with E-state index in [-0.39, 0.29) is 0 Å². The van der Waals surface area contributed by atoms with E-state index in [9.17, 15) is 0 Å². The Morgan fingerprint density at radius 3 is 0.636 bits per heavy atom. The van der Waals surface area contributed by atoms with Gasteiger partial charge in [0.1, 0.15) is 0 Å². The minimum absolute atomic E-state index is 0.463. The first-order valence-electron chi connectivity index (χ1n) is 21.2. The maximum Gasteiger partial charge on any atom is 0.0442 e. The van der Waals surface area contributed by atoms with Crippen molar-refractivity contribution in [3.05, 3.63) is 37.5 Å². The van der Waals surface area contributed by atoms with Gasteiger partial charge in [-0.15, -0.1) is 26.3 Å². The van der Waals surface area contributed by atoms with Gasteiger partial charge in [-0.3, -0.25) is 9.89 Å². The molecule has 0 spiro atoms. The number of nitrogens with zero attached hydrogens (tertiary/aromatic N) is 4. The highest BCUT2D eigenvalue weighted by Crippen LogP contribution is 2.27. The Morgan fingerprint density at radius 1 is 0.455 bits per heavy atom. The molecule has 0 rings (SSSR count). The summed E-state index contributed by atoms with van der Waals surface area (Å²) < 4.78 is 0. The molecule has 55 heavy (non-hydrogen) atoms. The molecule has 0 aromatic rings. The third kappa shape index (κ3) is 90.1. The number of nitrogens with two attached hydrogens (primary N) is 2. The maximum atomic E-state index is 4.50. The summed E-state index contributed by atoms with van der Waals surface area (Å²) in [5, 5.41) is 0. The molecule has 0 atom stereocenters. The highest BCUT2D eigenvalue weighted by molar-refractivity contribution is 5.79. The molecule has 0 radical (unpaired) electrons. The molecule has 0 aromatic carbocycles. The Kier molecular flexibility index (Phi) is 114. The summed E-state index contributed by atoms with van der Waals surface area (Å²) >= 11 is 0. The normalized spacial score (nSPS) is 8.78. The minimum atomic E-state index is 0.463. The highest BCUT2D eigenvalue weighted by Gasteiger charge is 2.20. The maximum absolute atomic E-state index is 4.50. The predicted molar refractivity (Wildman–Crippen MR) is 274 cm³/mol. The lowest BCUT2D eigenvalue weighted by atomic mass is 9.78. The SMILES string of the molecule is C=C.C=C.C=NC.C=NC.CC.CC.CC(C)=C(C(C)C)C(C)C.CC(C)=NC(C)C.CC(C)C(C(C)C)C(C)C.CC(C)N(C(C)C)C(C)C.CN.CN. The molecule has 0 aromatic heterocycles. The Hall–Kier alpha value is -1.89. The van der Waals surface area contributed by atoms with Crippen LogP contribution in [-0.4, -0.2) is 76.4 Å². The molecule has 0 heterocycles. The van der Waals surface area contributed by atoms with Crippen LogP contribution in [0.2, 0.25) is 0 Å². The number of hydrogen-bond acceptors (Lipinski definition) is 6. The number of hydrogen-bond donors (Lipinski definition) is 2. The molecule has 0 aliphatic carbocycles. The van der Waals surface area contributed by atoms with Crippen molar-refractivity contribution in [1.82, 2.24) is 4.90 Å². The number of rotatable bonds is 9. The van der Waals surface area contributed by atoms with Crippen molar-refractivity contribution in [2.75, 3.05) is 28.2 Å². The van der Waals surface area contributed by atoms with E-state index >= 15 is 0 Å². The molecule has 0 bridgehead atoms. The lowest BCUT2D eigenvalue weighted by Crippen LogP contribution is -2.42. The van der Waals surface area contributed by atoms with E-state index < -0.39 is 0 Å². The second kappa shape index (κ2) is 73.2. The zero-order valence-corrected chi connectivity index (χ0v) is 44.5. The summed E-state index contributed by atoms with van der Waals surface area (Å²) in [4.78, 5) is 13.2. The van der Waals surface area contributed by atoms with Gasteiger partial charge in [-0.05, 0) is 146 Å². The number of aliphatic imine (C=N–C) groups is 3. The van der Waals surface area contributed by atoms with E-state index in [0.717, 1.165) is 29.4 Å². The minimum Gasteiger partial charge on any atom is -0.333 e. The van der Waals surface area contributed by atoms with Gasteiger partial charge in [-0.1, -0.05) is 108 Å². The topological polar surface area (TPSA) is 92.4 Å². The molecular weight excluding hydrogens is 673 g/mol. The van der Waals surface area contributed by atoms with Crippen molar-refractivity contribution in [3.8, 4) is 0 Å². The largest absolute Gasteiger partial charge is 0.333 e. The Morgan fingerprint density at radius 2 is 0.636 bits per heavy atom. The Labute approximate surface area is 354 Å². The van der Waals surface area contributed by atoms with Crippen molar-refractivity contribution >= 4 is 19.1 Å². The van der Waals surface area contributed by atoms with E-state index in [0.29, 0.717) is 36.0 Å². The monoisotopic (exact) mass is 789 g/mol. The van der Waals surface area contributed by atoms with Crippen molar-refractivity contribution < 1.29 is 0 Å². The van der Waals surface area contributed by atoms with E-state index in [1.54, 1.807) is 19.7 Å². The fourth-order valence-electron chi connectivity index (χ4n) is 6.44. The molecule has 0 amide bonds. The molecule has 0 saturated carbocycles. The molecular formula is C49H116N6. The second-order valence-electron chi connectivity index (χ2n) is 14.6. The first-order valence-corrected chi connectivity index (χ1v) is 21.2. The van der Waals surface area contributed by atoms with Crippen LogP contribution in [0.3, 0.4) is 0 Å². The standard InChI is InChI=1S/C10H22.C10H20.C9H21N.C6H13N.2C2H5N.2C2H6.2C2H4.2CH5N/c3*1-7(2)10(8(3)4)9(5)6;1-5(2)7-6(3)4;2*1-3-2;6*1-2/h7-10H,1-6H3;7-8H,1-6H3;7-9H,1-6H3;5H,1-4H3;2*1H2,2H3;2*1-2H3;2*1-2H2;2*2H2,1H3. The molecule has 6 heteroatoms. The van der Waals surface area contributed by atoms with Gasteiger partial charge >= 0.3 is 0 Å². The zero-order chi connectivity index (χ0) is 48.2. The second-order valence-corrected chi connectivity index (χ2v) is 14.6. The molecule has 4 N–H and O–H groups in total. The van der Waals surface area contributed by atoms with Crippen molar-refractivity contribution in [2.24, 2.45) is 62.0 Å². The number of allylic oxidation sites excluding steroid dienone is 2.